The third kappa shape index (κ3) is 3.09. The molecule has 2 rings (SSSR count). The summed E-state index contributed by atoms with van der Waals surface area (Å²) in [7, 11) is 0. The Morgan fingerprint density at radius 1 is 1.53 bits per heavy atom. The largest absolute Gasteiger partial charge is 0.356 e. The number of hydrogen-bond acceptors (Lipinski definition) is 2. The maximum Gasteiger partial charge on any atom is 0.223 e. The molecule has 0 spiro atoms. The van der Waals surface area contributed by atoms with E-state index in [1.165, 1.54) is 0 Å². The van der Waals surface area contributed by atoms with Crippen molar-refractivity contribution in [1.29, 1.82) is 0 Å². The fourth-order valence-corrected chi connectivity index (χ4v) is 2.11. The Morgan fingerprint density at radius 2 is 2.24 bits per heavy atom. The number of halogens is 1. The van der Waals surface area contributed by atoms with E-state index < -0.39 is 0 Å². The van der Waals surface area contributed by atoms with Crippen molar-refractivity contribution < 1.29 is 4.79 Å². The van der Waals surface area contributed by atoms with Gasteiger partial charge in [0.25, 0.3) is 0 Å². The number of nitrogens with one attached hydrogen (secondary N) is 1. The lowest BCUT2D eigenvalue weighted by molar-refractivity contribution is -0.122. The van der Waals surface area contributed by atoms with E-state index in [0.29, 0.717) is 5.92 Å². The lowest BCUT2D eigenvalue weighted by Gasteiger charge is -2.06. The van der Waals surface area contributed by atoms with Crippen LogP contribution in [0.2, 0.25) is 0 Å². The molecule has 17 heavy (non-hydrogen) atoms. The van der Waals surface area contributed by atoms with Gasteiger partial charge in [0.2, 0.25) is 5.91 Å². The highest BCUT2D eigenvalue weighted by atomic mass is 79.9. The van der Waals surface area contributed by atoms with E-state index in [9.17, 15) is 4.79 Å². The quantitative estimate of drug-likeness (QED) is 0.847. The number of hydrogen-bond donors (Lipinski definition) is 1. The minimum Gasteiger partial charge on any atom is -0.356 e. The van der Waals surface area contributed by atoms with Gasteiger partial charge in [-0.2, -0.15) is 5.10 Å². The first-order chi connectivity index (χ1) is 8.09. The highest BCUT2D eigenvalue weighted by molar-refractivity contribution is 9.10. The van der Waals surface area contributed by atoms with E-state index >= 15 is 0 Å². The van der Waals surface area contributed by atoms with Crippen molar-refractivity contribution in [2.45, 2.75) is 39.7 Å². The van der Waals surface area contributed by atoms with Gasteiger partial charge in [0.15, 0.2) is 0 Å². The van der Waals surface area contributed by atoms with Crippen LogP contribution in [0.3, 0.4) is 0 Å². The number of rotatable bonds is 5. The summed E-state index contributed by atoms with van der Waals surface area (Å²) in [4.78, 5) is 11.4. The Balaban J connectivity index is 1.74. The van der Waals surface area contributed by atoms with Gasteiger partial charge >= 0.3 is 0 Å². The molecule has 1 N–H and O–H groups in total. The van der Waals surface area contributed by atoms with E-state index in [1.807, 2.05) is 18.5 Å². The maximum absolute atomic E-state index is 11.4. The van der Waals surface area contributed by atoms with Crippen LogP contribution in [0.15, 0.2) is 4.47 Å². The summed E-state index contributed by atoms with van der Waals surface area (Å²) >= 11 is 3.51. The summed E-state index contributed by atoms with van der Waals surface area (Å²) < 4.78 is 3.07. The minimum absolute atomic E-state index is 0.222. The van der Waals surface area contributed by atoms with Crippen LogP contribution < -0.4 is 5.32 Å². The number of aromatic nitrogens is 2. The summed E-state index contributed by atoms with van der Waals surface area (Å²) in [5, 5.41) is 7.39. The van der Waals surface area contributed by atoms with Crippen molar-refractivity contribution in [2.75, 3.05) is 6.54 Å². The zero-order valence-corrected chi connectivity index (χ0v) is 11.9. The molecule has 1 fully saturated rings. The predicted molar refractivity (Wildman–Crippen MR) is 69.8 cm³/mol. The Labute approximate surface area is 110 Å². The monoisotopic (exact) mass is 299 g/mol. The lowest BCUT2D eigenvalue weighted by atomic mass is 10.3. The second-order valence-corrected chi connectivity index (χ2v) is 5.42. The molecule has 4 nitrogen and oxygen atoms in total. The van der Waals surface area contributed by atoms with Gasteiger partial charge in [-0.3, -0.25) is 9.48 Å². The molecule has 1 aromatic heterocycles. The molecular weight excluding hydrogens is 282 g/mol. The highest BCUT2D eigenvalue weighted by Crippen LogP contribution is 2.28. The zero-order chi connectivity index (χ0) is 12.4. The second-order valence-electron chi connectivity index (χ2n) is 4.63. The molecule has 0 bridgehead atoms. The first-order valence-corrected chi connectivity index (χ1v) is 6.86. The van der Waals surface area contributed by atoms with E-state index in [2.05, 4.69) is 26.3 Å². The molecule has 1 aromatic rings. The van der Waals surface area contributed by atoms with Gasteiger partial charge in [-0.15, -0.1) is 0 Å². The van der Waals surface area contributed by atoms with Gasteiger partial charge in [0.05, 0.1) is 10.2 Å². The smallest absolute Gasteiger partial charge is 0.223 e. The molecule has 1 aliphatic rings. The van der Waals surface area contributed by atoms with Gasteiger partial charge in [0.1, 0.15) is 0 Å². The molecule has 0 unspecified atom stereocenters. The molecule has 1 aliphatic carbocycles. The zero-order valence-electron chi connectivity index (χ0n) is 10.3. The minimum atomic E-state index is 0.222. The number of carbonyl (C=O) groups is 1. The average Bonchev–Trinajstić information content (AvgIpc) is 3.11. The van der Waals surface area contributed by atoms with Crippen molar-refractivity contribution in [2.24, 2.45) is 5.92 Å². The summed E-state index contributed by atoms with van der Waals surface area (Å²) in [6.45, 7) is 5.63. The fraction of sp³-hybridized carbons (Fsp3) is 0.667. The first kappa shape index (κ1) is 12.6. The molecule has 0 saturated heterocycles. The summed E-state index contributed by atoms with van der Waals surface area (Å²) in [6, 6.07) is 0. The van der Waals surface area contributed by atoms with Crippen LogP contribution in [-0.4, -0.2) is 22.2 Å². The summed E-state index contributed by atoms with van der Waals surface area (Å²) in [5.41, 5.74) is 2.17. The molecule has 1 saturated carbocycles. The predicted octanol–water partition coefficient (Wildman–Crippen LogP) is 2.18. The third-order valence-electron chi connectivity index (χ3n) is 3.09. The van der Waals surface area contributed by atoms with Crippen LogP contribution >= 0.6 is 15.9 Å². The highest BCUT2D eigenvalue weighted by Gasteiger charge is 2.28. The first-order valence-electron chi connectivity index (χ1n) is 6.07. The fourth-order valence-electron chi connectivity index (χ4n) is 1.82. The standard InChI is InChI=1S/C12H18BrN3O/c1-8-11(13)9(2)16(15-8)7-3-6-14-12(17)10-4-5-10/h10H,3-7H2,1-2H3,(H,14,17). The topological polar surface area (TPSA) is 46.9 Å². The van der Waals surface area contributed by atoms with Crippen LogP contribution in [0, 0.1) is 19.8 Å². The Bertz CT molecular complexity index is 424. The Morgan fingerprint density at radius 3 is 2.76 bits per heavy atom. The molecule has 94 valence electrons. The van der Waals surface area contributed by atoms with Crippen molar-refractivity contribution in [1.82, 2.24) is 15.1 Å². The number of aryl methyl sites for hydroxylation is 2. The van der Waals surface area contributed by atoms with Gasteiger partial charge in [-0.05, 0) is 49.0 Å². The van der Waals surface area contributed by atoms with E-state index in [0.717, 1.165) is 48.2 Å². The van der Waals surface area contributed by atoms with E-state index in [1.54, 1.807) is 0 Å². The molecule has 1 amide bonds. The maximum atomic E-state index is 11.4. The third-order valence-corrected chi connectivity index (χ3v) is 4.23. The van der Waals surface area contributed by atoms with Gasteiger partial charge in [0, 0.05) is 24.7 Å². The number of nitrogens with zero attached hydrogens (tertiary/aromatic N) is 2. The van der Waals surface area contributed by atoms with Crippen LogP contribution in [0.4, 0.5) is 0 Å². The van der Waals surface area contributed by atoms with E-state index in [4.69, 9.17) is 0 Å². The summed E-state index contributed by atoms with van der Waals surface area (Å²) in [6.07, 6.45) is 3.05. The van der Waals surface area contributed by atoms with Crippen LogP contribution in [0.1, 0.15) is 30.7 Å². The normalized spacial score (nSPS) is 15.0. The molecule has 0 aliphatic heterocycles. The average molecular weight is 300 g/mol. The molecule has 1 heterocycles. The molecular formula is C12H18BrN3O. The molecule has 0 radical (unpaired) electrons. The SMILES string of the molecule is Cc1nn(CCCNC(=O)C2CC2)c(C)c1Br. The number of carbonyl (C=O) groups excluding carboxylic acids is 1. The lowest BCUT2D eigenvalue weighted by Crippen LogP contribution is -2.26. The summed E-state index contributed by atoms with van der Waals surface area (Å²) in [5.74, 6) is 0.525. The Hall–Kier alpha value is -0.840. The number of amides is 1. The van der Waals surface area contributed by atoms with Crippen LogP contribution in [0.25, 0.3) is 0 Å². The molecule has 0 atom stereocenters. The molecule has 5 heteroatoms. The van der Waals surface area contributed by atoms with Gasteiger partial charge in [-0.25, -0.2) is 0 Å². The van der Waals surface area contributed by atoms with Gasteiger partial charge < -0.3 is 5.32 Å². The Kier molecular flexibility index (Phi) is 3.86. The molecule has 0 aromatic carbocycles. The van der Waals surface area contributed by atoms with Gasteiger partial charge in [-0.1, -0.05) is 0 Å². The van der Waals surface area contributed by atoms with Crippen molar-refractivity contribution in [3.8, 4) is 0 Å². The van der Waals surface area contributed by atoms with Crippen LogP contribution in [0.5, 0.6) is 0 Å². The van der Waals surface area contributed by atoms with Crippen LogP contribution in [-0.2, 0) is 11.3 Å². The second kappa shape index (κ2) is 5.21. The van der Waals surface area contributed by atoms with Crippen molar-refractivity contribution >= 4 is 21.8 Å². The van der Waals surface area contributed by atoms with E-state index in [-0.39, 0.29) is 5.91 Å². The van der Waals surface area contributed by atoms with Crippen molar-refractivity contribution in [3.63, 3.8) is 0 Å². The van der Waals surface area contributed by atoms with Crippen molar-refractivity contribution in [3.05, 3.63) is 15.9 Å².